The maximum absolute atomic E-state index is 12.5. The summed E-state index contributed by atoms with van der Waals surface area (Å²) in [5.74, 6) is 0.393. The number of hydrogen-bond donors (Lipinski definition) is 0. The second kappa shape index (κ2) is 12.0. The Morgan fingerprint density at radius 2 is 1.59 bits per heavy atom. The van der Waals surface area contributed by atoms with Gasteiger partial charge >= 0.3 is 0 Å². The van der Waals surface area contributed by atoms with Gasteiger partial charge in [0.25, 0.3) is 0 Å². The molecule has 27 heavy (non-hydrogen) atoms. The zero-order chi connectivity index (χ0) is 19.5. The number of carbonyl (C=O) groups is 1. The summed E-state index contributed by atoms with van der Waals surface area (Å²) in [7, 11) is -0.876. The number of benzene rings is 2. The molecule has 1 unspecified atom stereocenters. The molecule has 0 aliphatic heterocycles. The molecule has 146 valence electrons. The third-order valence-electron chi connectivity index (χ3n) is 4.64. The van der Waals surface area contributed by atoms with Gasteiger partial charge in [-0.3, -0.25) is 4.79 Å². The standard InChI is InChI=1S/C22H28ClO3P/c1-26-20-16-11-15-19(23)21(20)22(24)27(25)17-10-5-3-2-4-7-12-18-13-8-6-9-14-18/h6,8-9,11,13-16,27H,2-5,7,10,12,17H2,1H3. The van der Waals surface area contributed by atoms with E-state index in [2.05, 4.69) is 24.3 Å². The Labute approximate surface area is 167 Å². The fourth-order valence-corrected chi connectivity index (χ4v) is 4.78. The van der Waals surface area contributed by atoms with Crippen LogP contribution in [0.2, 0.25) is 5.02 Å². The van der Waals surface area contributed by atoms with Gasteiger partial charge < -0.3 is 9.30 Å². The zero-order valence-corrected chi connectivity index (χ0v) is 17.6. The van der Waals surface area contributed by atoms with Crippen molar-refractivity contribution in [2.24, 2.45) is 0 Å². The van der Waals surface area contributed by atoms with Crippen molar-refractivity contribution in [3.63, 3.8) is 0 Å². The minimum Gasteiger partial charge on any atom is -0.496 e. The minimum atomic E-state index is -2.36. The van der Waals surface area contributed by atoms with Gasteiger partial charge in [-0.2, -0.15) is 0 Å². The molecule has 2 rings (SSSR count). The Morgan fingerprint density at radius 3 is 2.30 bits per heavy atom. The summed E-state index contributed by atoms with van der Waals surface area (Å²) in [6.07, 6.45) is 8.10. The molecule has 0 heterocycles. The number of ether oxygens (including phenoxy) is 1. The number of aryl methyl sites for hydroxylation is 1. The molecule has 0 bridgehead atoms. The number of rotatable bonds is 12. The summed E-state index contributed by atoms with van der Waals surface area (Å²) in [4.78, 5) is 12.5. The van der Waals surface area contributed by atoms with E-state index in [1.165, 1.54) is 31.9 Å². The van der Waals surface area contributed by atoms with Crippen molar-refractivity contribution in [2.75, 3.05) is 13.3 Å². The van der Waals surface area contributed by atoms with Crippen molar-refractivity contribution in [3.8, 4) is 5.75 Å². The van der Waals surface area contributed by atoms with Gasteiger partial charge in [0.15, 0.2) is 0 Å². The molecule has 2 aromatic carbocycles. The van der Waals surface area contributed by atoms with Crippen molar-refractivity contribution in [1.82, 2.24) is 0 Å². The lowest BCUT2D eigenvalue weighted by Crippen LogP contribution is -2.00. The Morgan fingerprint density at radius 1 is 0.926 bits per heavy atom. The number of carbonyl (C=O) groups excluding carboxylic acids is 1. The molecule has 0 aliphatic rings. The van der Waals surface area contributed by atoms with Crippen molar-refractivity contribution >= 4 is 24.9 Å². The molecule has 0 spiro atoms. The van der Waals surface area contributed by atoms with Gasteiger partial charge in [0.1, 0.15) is 13.6 Å². The summed E-state index contributed by atoms with van der Waals surface area (Å²) in [6, 6.07) is 15.6. The van der Waals surface area contributed by atoms with Crippen LogP contribution in [0.25, 0.3) is 0 Å². The second-order valence-electron chi connectivity index (χ2n) is 6.68. The Bertz CT molecular complexity index is 746. The predicted octanol–water partition coefficient (Wildman–Crippen LogP) is 6.63. The highest BCUT2D eigenvalue weighted by molar-refractivity contribution is 7.64. The molecule has 0 saturated heterocycles. The third-order valence-corrected chi connectivity index (χ3v) is 6.52. The van der Waals surface area contributed by atoms with Crippen molar-refractivity contribution < 1.29 is 14.1 Å². The number of hydrogen-bond acceptors (Lipinski definition) is 3. The maximum Gasteiger partial charge on any atom is 0.223 e. The Kier molecular flexibility index (Phi) is 9.66. The molecule has 0 aromatic heterocycles. The molecule has 2 aromatic rings. The van der Waals surface area contributed by atoms with Crippen LogP contribution in [0.1, 0.15) is 54.4 Å². The molecule has 0 aliphatic carbocycles. The highest BCUT2D eigenvalue weighted by atomic mass is 35.5. The first kappa shape index (κ1) is 21.7. The van der Waals surface area contributed by atoms with Gasteiger partial charge in [-0.15, -0.1) is 0 Å². The first-order chi connectivity index (χ1) is 13.1. The second-order valence-corrected chi connectivity index (χ2v) is 8.88. The fourth-order valence-electron chi connectivity index (χ4n) is 3.11. The molecule has 3 nitrogen and oxygen atoms in total. The monoisotopic (exact) mass is 406 g/mol. The van der Waals surface area contributed by atoms with Crippen LogP contribution in [-0.2, 0) is 11.0 Å². The smallest absolute Gasteiger partial charge is 0.223 e. The molecule has 0 amide bonds. The lowest BCUT2D eigenvalue weighted by atomic mass is 10.1. The number of methoxy groups -OCH3 is 1. The van der Waals surface area contributed by atoms with E-state index < -0.39 is 7.80 Å². The zero-order valence-electron chi connectivity index (χ0n) is 15.9. The van der Waals surface area contributed by atoms with Crippen LogP contribution in [0.3, 0.4) is 0 Å². The maximum atomic E-state index is 12.5. The largest absolute Gasteiger partial charge is 0.496 e. The number of halogens is 1. The van der Waals surface area contributed by atoms with Gasteiger partial charge in [0.05, 0.1) is 17.7 Å². The summed E-state index contributed by atoms with van der Waals surface area (Å²) in [5, 5.41) is 0.302. The van der Waals surface area contributed by atoms with Crippen LogP contribution in [-0.4, -0.2) is 18.8 Å². The van der Waals surface area contributed by atoms with Gasteiger partial charge in [0.2, 0.25) is 5.52 Å². The molecular formula is C22H28ClO3P. The molecule has 0 N–H and O–H groups in total. The first-order valence-electron chi connectivity index (χ1n) is 9.57. The Hall–Kier alpha value is -1.57. The summed E-state index contributed by atoms with van der Waals surface area (Å²) in [6.45, 7) is 0. The average molecular weight is 407 g/mol. The topological polar surface area (TPSA) is 43.4 Å². The van der Waals surface area contributed by atoms with E-state index in [-0.39, 0.29) is 11.1 Å². The lowest BCUT2D eigenvalue weighted by molar-refractivity contribution is 0.107. The predicted molar refractivity (Wildman–Crippen MR) is 114 cm³/mol. The molecule has 1 atom stereocenters. The summed E-state index contributed by atoms with van der Waals surface area (Å²) in [5.41, 5.74) is 1.28. The quantitative estimate of drug-likeness (QED) is 0.293. The van der Waals surface area contributed by atoms with Gasteiger partial charge in [-0.25, -0.2) is 0 Å². The van der Waals surface area contributed by atoms with E-state index >= 15 is 0 Å². The normalized spacial score (nSPS) is 11.9. The van der Waals surface area contributed by atoms with E-state index in [1.54, 1.807) is 18.2 Å². The van der Waals surface area contributed by atoms with Crippen molar-refractivity contribution in [2.45, 2.75) is 44.9 Å². The average Bonchev–Trinajstić information content (AvgIpc) is 2.69. The summed E-state index contributed by atoms with van der Waals surface area (Å²) < 4.78 is 17.6. The van der Waals surface area contributed by atoms with Crippen LogP contribution in [0.4, 0.5) is 0 Å². The van der Waals surface area contributed by atoms with Crippen LogP contribution < -0.4 is 4.74 Å². The first-order valence-corrected chi connectivity index (χ1v) is 11.6. The molecule has 0 fully saturated rings. The highest BCUT2D eigenvalue weighted by Crippen LogP contribution is 2.36. The lowest BCUT2D eigenvalue weighted by Gasteiger charge is -2.09. The molecule has 0 radical (unpaired) electrons. The molecule has 5 heteroatoms. The van der Waals surface area contributed by atoms with Gasteiger partial charge in [-0.1, -0.05) is 73.7 Å². The Balaban J connectivity index is 1.63. The van der Waals surface area contributed by atoms with E-state index in [0.717, 1.165) is 25.7 Å². The minimum absolute atomic E-state index is 0.256. The fraction of sp³-hybridized carbons (Fsp3) is 0.409. The SMILES string of the molecule is COc1cccc(Cl)c1C(=O)[PH](=O)CCCCCCCCc1ccccc1. The van der Waals surface area contributed by atoms with Crippen molar-refractivity contribution in [3.05, 3.63) is 64.7 Å². The van der Waals surface area contributed by atoms with Gasteiger partial charge in [-0.05, 0) is 37.0 Å². The van der Waals surface area contributed by atoms with E-state index in [0.29, 0.717) is 16.9 Å². The van der Waals surface area contributed by atoms with Crippen molar-refractivity contribution in [1.29, 1.82) is 0 Å². The third kappa shape index (κ3) is 7.16. The molecule has 0 saturated carbocycles. The van der Waals surface area contributed by atoms with E-state index in [4.69, 9.17) is 16.3 Å². The van der Waals surface area contributed by atoms with Crippen LogP contribution in [0.15, 0.2) is 48.5 Å². The van der Waals surface area contributed by atoms with Crippen LogP contribution in [0, 0.1) is 0 Å². The summed E-state index contributed by atoms with van der Waals surface area (Å²) >= 11 is 6.10. The van der Waals surface area contributed by atoms with E-state index in [9.17, 15) is 9.36 Å². The number of unbranched alkanes of at least 4 members (excludes halogenated alkanes) is 5. The van der Waals surface area contributed by atoms with E-state index in [1.807, 2.05) is 6.07 Å². The molecular weight excluding hydrogens is 379 g/mol. The highest BCUT2D eigenvalue weighted by Gasteiger charge is 2.21. The van der Waals surface area contributed by atoms with Crippen LogP contribution in [0.5, 0.6) is 5.75 Å². The van der Waals surface area contributed by atoms with Gasteiger partial charge in [0, 0.05) is 6.16 Å². The van der Waals surface area contributed by atoms with Crippen LogP contribution >= 0.6 is 19.4 Å².